The minimum atomic E-state index is -1.19. The first-order valence-electron chi connectivity index (χ1n) is 8.02. The summed E-state index contributed by atoms with van der Waals surface area (Å²) in [4.78, 5) is 28.3. The summed E-state index contributed by atoms with van der Waals surface area (Å²) in [6.45, 7) is 4.96. The van der Waals surface area contributed by atoms with E-state index >= 15 is 0 Å². The Labute approximate surface area is 155 Å². The molecule has 1 aliphatic heterocycles. The van der Waals surface area contributed by atoms with E-state index in [0.717, 1.165) is 10.6 Å². The van der Waals surface area contributed by atoms with Gasteiger partial charge in [-0.15, -0.1) is 0 Å². The zero-order valence-corrected chi connectivity index (χ0v) is 15.6. The fraction of sp³-hybridized carbons (Fsp3) is 0.353. The minimum absolute atomic E-state index is 0.196. The summed E-state index contributed by atoms with van der Waals surface area (Å²) in [5, 5.41) is 7.46. The topological polar surface area (TPSA) is 67.2 Å². The Bertz CT molecular complexity index is 809. The molecule has 0 spiro atoms. The zero-order valence-electron chi connectivity index (χ0n) is 14.0. The van der Waals surface area contributed by atoms with Gasteiger partial charge in [-0.25, -0.2) is 0 Å². The Morgan fingerprint density at radius 3 is 2.84 bits per heavy atom. The Kier molecular flexibility index (Phi) is 5.06. The van der Waals surface area contributed by atoms with Crippen molar-refractivity contribution in [2.45, 2.75) is 30.0 Å². The number of para-hydroxylation sites is 1. The highest BCUT2D eigenvalue weighted by Crippen LogP contribution is 2.45. The smallest absolute Gasteiger partial charge is 0.252 e. The number of carbonyl (C=O) groups is 2. The molecule has 0 aliphatic carbocycles. The first-order valence-corrected chi connectivity index (χ1v) is 9.21. The fourth-order valence-corrected chi connectivity index (χ4v) is 4.16. The molecule has 0 saturated heterocycles. The third-order valence-electron chi connectivity index (χ3n) is 4.10. The lowest BCUT2D eigenvalue weighted by Crippen LogP contribution is -2.56. The lowest BCUT2D eigenvalue weighted by molar-refractivity contribution is -0.131. The number of carbonyl (C=O) groups excluding carboxylic acids is 2. The van der Waals surface area contributed by atoms with E-state index in [1.807, 2.05) is 31.2 Å². The van der Waals surface area contributed by atoms with Crippen molar-refractivity contribution >= 4 is 40.9 Å². The zero-order chi connectivity index (χ0) is 18.0. The lowest BCUT2D eigenvalue weighted by atomic mass is 10.1. The van der Waals surface area contributed by atoms with Crippen molar-refractivity contribution < 1.29 is 9.59 Å². The molecule has 2 aromatic rings. The molecule has 6 nitrogen and oxygen atoms in total. The number of hydrogen-bond donors (Lipinski definition) is 1. The molecule has 2 amide bonds. The first kappa shape index (κ1) is 17.8. The molecule has 1 aliphatic rings. The van der Waals surface area contributed by atoms with Crippen molar-refractivity contribution in [1.29, 1.82) is 0 Å². The van der Waals surface area contributed by atoms with Crippen LogP contribution in [0.2, 0.25) is 5.02 Å². The van der Waals surface area contributed by atoms with Crippen LogP contribution in [0.1, 0.15) is 13.8 Å². The number of rotatable bonds is 5. The van der Waals surface area contributed by atoms with Gasteiger partial charge in [-0.1, -0.05) is 35.5 Å². The summed E-state index contributed by atoms with van der Waals surface area (Å²) in [5.74, 6) is -0.493. The van der Waals surface area contributed by atoms with E-state index in [-0.39, 0.29) is 11.8 Å². The number of aromatic nitrogens is 2. The average molecular weight is 379 g/mol. The highest BCUT2D eigenvalue weighted by atomic mass is 35.5. The van der Waals surface area contributed by atoms with Crippen LogP contribution in [-0.4, -0.2) is 39.4 Å². The molecular formula is C17H19ClN4O2S. The molecule has 0 radical (unpaired) electrons. The van der Waals surface area contributed by atoms with Gasteiger partial charge in [-0.3, -0.25) is 14.3 Å². The predicted octanol–water partition coefficient (Wildman–Crippen LogP) is 2.57. The van der Waals surface area contributed by atoms with Crippen LogP contribution in [0, 0.1) is 0 Å². The van der Waals surface area contributed by atoms with Crippen LogP contribution < -0.4 is 10.2 Å². The van der Waals surface area contributed by atoms with Crippen molar-refractivity contribution in [2.75, 3.05) is 18.0 Å². The summed E-state index contributed by atoms with van der Waals surface area (Å²) in [6, 6.07) is 7.65. The second-order valence-corrected chi connectivity index (χ2v) is 7.73. The van der Waals surface area contributed by atoms with Gasteiger partial charge in [0, 0.05) is 24.2 Å². The maximum Gasteiger partial charge on any atom is 0.252 e. The molecule has 1 unspecified atom stereocenters. The number of nitrogens with one attached hydrogen (secondary N) is 1. The second-order valence-electron chi connectivity index (χ2n) is 5.83. The van der Waals surface area contributed by atoms with E-state index in [2.05, 4.69) is 10.4 Å². The number of amides is 2. The third kappa shape index (κ3) is 3.39. The maximum absolute atomic E-state index is 12.9. The summed E-state index contributed by atoms with van der Waals surface area (Å²) < 4.78 is 0.459. The van der Waals surface area contributed by atoms with E-state index in [0.29, 0.717) is 24.7 Å². The molecule has 0 bridgehead atoms. The van der Waals surface area contributed by atoms with Crippen molar-refractivity contribution in [3.63, 3.8) is 0 Å². The molecule has 0 saturated carbocycles. The molecule has 1 atom stereocenters. The maximum atomic E-state index is 12.9. The number of anilines is 1. The standard InChI is InChI=1S/C17H19ClN4O2S/c1-3-22-13-6-4-5-7-14(13)25-17(2,16(22)24)15(23)19-8-9-21-11-12(18)10-20-21/h4-7,10-11H,3,8-9H2,1-2H3,(H,19,23). The summed E-state index contributed by atoms with van der Waals surface area (Å²) >= 11 is 7.12. The van der Waals surface area contributed by atoms with Crippen molar-refractivity contribution in [3.05, 3.63) is 41.7 Å². The van der Waals surface area contributed by atoms with Gasteiger partial charge in [0.05, 0.1) is 23.5 Å². The number of hydrogen-bond acceptors (Lipinski definition) is 4. The van der Waals surface area contributed by atoms with Gasteiger partial charge in [-0.2, -0.15) is 5.10 Å². The van der Waals surface area contributed by atoms with Crippen molar-refractivity contribution in [2.24, 2.45) is 0 Å². The van der Waals surface area contributed by atoms with E-state index in [9.17, 15) is 9.59 Å². The summed E-state index contributed by atoms with van der Waals surface area (Å²) in [5.41, 5.74) is 0.858. The highest BCUT2D eigenvalue weighted by Gasteiger charge is 2.48. The van der Waals surface area contributed by atoms with Gasteiger partial charge in [0.15, 0.2) is 4.75 Å². The molecule has 2 heterocycles. The Balaban J connectivity index is 1.73. The van der Waals surface area contributed by atoms with Gasteiger partial charge < -0.3 is 10.2 Å². The monoisotopic (exact) mass is 378 g/mol. The molecule has 8 heteroatoms. The first-order chi connectivity index (χ1) is 12.0. The van der Waals surface area contributed by atoms with E-state index in [1.165, 1.54) is 11.8 Å². The Hall–Kier alpha value is -1.99. The normalized spacial score (nSPS) is 19.6. The van der Waals surface area contributed by atoms with Crippen LogP contribution in [0.25, 0.3) is 0 Å². The second kappa shape index (κ2) is 7.09. The average Bonchev–Trinajstić information content (AvgIpc) is 3.01. The molecule has 1 aromatic heterocycles. The molecule has 132 valence electrons. The number of nitrogens with zero attached hydrogens (tertiary/aromatic N) is 3. The number of thioether (sulfide) groups is 1. The fourth-order valence-electron chi connectivity index (χ4n) is 2.77. The Morgan fingerprint density at radius 2 is 2.16 bits per heavy atom. The van der Waals surface area contributed by atoms with Crippen LogP contribution in [0.15, 0.2) is 41.6 Å². The van der Waals surface area contributed by atoms with Crippen LogP contribution in [0.4, 0.5) is 5.69 Å². The number of fused-ring (bicyclic) bond motifs is 1. The number of halogens is 1. The molecule has 1 N–H and O–H groups in total. The highest BCUT2D eigenvalue weighted by molar-refractivity contribution is 8.02. The van der Waals surface area contributed by atoms with E-state index in [1.54, 1.807) is 28.9 Å². The van der Waals surface area contributed by atoms with Crippen molar-refractivity contribution in [1.82, 2.24) is 15.1 Å². The van der Waals surface area contributed by atoms with Gasteiger partial charge in [-0.05, 0) is 26.0 Å². The quantitative estimate of drug-likeness (QED) is 0.812. The van der Waals surface area contributed by atoms with E-state index < -0.39 is 4.75 Å². The summed E-state index contributed by atoms with van der Waals surface area (Å²) in [7, 11) is 0. The molecule has 1 aromatic carbocycles. The molecule has 0 fully saturated rings. The minimum Gasteiger partial charge on any atom is -0.353 e. The molecule has 3 rings (SSSR count). The van der Waals surface area contributed by atoms with Crippen LogP contribution in [-0.2, 0) is 16.1 Å². The van der Waals surface area contributed by atoms with Crippen LogP contribution >= 0.6 is 23.4 Å². The lowest BCUT2D eigenvalue weighted by Gasteiger charge is -2.38. The molecular weight excluding hydrogens is 360 g/mol. The Morgan fingerprint density at radius 1 is 1.40 bits per heavy atom. The van der Waals surface area contributed by atoms with Crippen LogP contribution in [0.5, 0.6) is 0 Å². The van der Waals surface area contributed by atoms with Gasteiger partial charge in [0.2, 0.25) is 5.91 Å². The van der Waals surface area contributed by atoms with Gasteiger partial charge in [0.25, 0.3) is 5.91 Å². The van der Waals surface area contributed by atoms with Gasteiger partial charge >= 0.3 is 0 Å². The summed E-state index contributed by atoms with van der Waals surface area (Å²) in [6.07, 6.45) is 3.23. The number of benzene rings is 1. The third-order valence-corrected chi connectivity index (χ3v) is 5.63. The molecule has 25 heavy (non-hydrogen) atoms. The predicted molar refractivity (Wildman–Crippen MR) is 99.0 cm³/mol. The van der Waals surface area contributed by atoms with Gasteiger partial charge in [0.1, 0.15) is 0 Å². The largest absolute Gasteiger partial charge is 0.353 e. The SMILES string of the molecule is CCN1C(=O)C(C)(C(=O)NCCn2cc(Cl)cn2)Sc2ccccc21. The van der Waals surface area contributed by atoms with Crippen molar-refractivity contribution in [3.8, 4) is 0 Å². The van der Waals surface area contributed by atoms with E-state index in [4.69, 9.17) is 11.6 Å². The van der Waals surface area contributed by atoms with Crippen LogP contribution in [0.3, 0.4) is 0 Å².